The Hall–Kier alpha value is -1.51. The molecular formula is C16H10S2. The fraction of sp³-hybridized carbons (Fsp3) is 0. The van der Waals surface area contributed by atoms with Crippen molar-refractivity contribution < 1.29 is 0 Å². The van der Waals surface area contributed by atoms with Gasteiger partial charge in [0.25, 0.3) is 0 Å². The van der Waals surface area contributed by atoms with Gasteiger partial charge in [-0.1, -0.05) is 30.3 Å². The Morgan fingerprint density at radius 1 is 0.944 bits per heavy atom. The maximum absolute atomic E-state index is 2.32. The van der Waals surface area contributed by atoms with Gasteiger partial charge >= 0.3 is 0 Å². The summed E-state index contributed by atoms with van der Waals surface area (Å²) in [5, 5.41) is 12.0. The van der Waals surface area contributed by atoms with Gasteiger partial charge in [0, 0.05) is 10.1 Å². The van der Waals surface area contributed by atoms with Crippen LogP contribution in [-0.4, -0.2) is 0 Å². The molecule has 0 N–H and O–H groups in total. The predicted octanol–water partition coefficient (Wildman–Crippen LogP) is 4.79. The molecule has 0 saturated heterocycles. The zero-order valence-electron chi connectivity index (χ0n) is 9.59. The minimum absolute atomic E-state index is 1.31. The summed E-state index contributed by atoms with van der Waals surface area (Å²) in [6, 6.07) is 13.2. The van der Waals surface area contributed by atoms with Crippen LogP contribution in [0.5, 0.6) is 0 Å². The molecule has 4 rings (SSSR count). The lowest BCUT2D eigenvalue weighted by atomic mass is 10.2. The summed E-state index contributed by atoms with van der Waals surface area (Å²) >= 11 is 3.58. The van der Waals surface area contributed by atoms with Crippen molar-refractivity contribution in [2.75, 3.05) is 0 Å². The Bertz CT molecular complexity index is 854. The van der Waals surface area contributed by atoms with Crippen LogP contribution in [0, 0.1) is 0 Å². The second kappa shape index (κ2) is 4.01. The van der Waals surface area contributed by atoms with Gasteiger partial charge in [0.2, 0.25) is 0 Å². The minimum Gasteiger partial charge on any atom is -0.143 e. The van der Waals surface area contributed by atoms with Crippen LogP contribution in [0.3, 0.4) is 0 Å². The molecule has 18 heavy (non-hydrogen) atoms. The summed E-state index contributed by atoms with van der Waals surface area (Å²) in [7, 11) is 0. The Morgan fingerprint density at radius 2 is 1.94 bits per heavy atom. The smallest absolute Gasteiger partial charge is 0.0421 e. The topological polar surface area (TPSA) is 0 Å². The molecule has 86 valence electrons. The largest absolute Gasteiger partial charge is 0.143 e. The predicted molar refractivity (Wildman–Crippen MR) is 84.5 cm³/mol. The lowest BCUT2D eigenvalue weighted by Gasteiger charge is -1.97. The molecular weight excluding hydrogens is 256 g/mol. The summed E-state index contributed by atoms with van der Waals surface area (Å²) in [4.78, 5) is 0. The van der Waals surface area contributed by atoms with Crippen LogP contribution in [0.25, 0.3) is 32.3 Å². The van der Waals surface area contributed by atoms with E-state index in [2.05, 4.69) is 58.7 Å². The Balaban J connectivity index is 2.32. The van der Waals surface area contributed by atoms with Gasteiger partial charge in [-0.25, -0.2) is 0 Å². The van der Waals surface area contributed by atoms with Crippen LogP contribution in [0.2, 0.25) is 0 Å². The van der Waals surface area contributed by atoms with Crippen molar-refractivity contribution in [3.05, 3.63) is 58.0 Å². The van der Waals surface area contributed by atoms with E-state index in [1.807, 2.05) is 11.3 Å². The Kier molecular flexibility index (Phi) is 2.32. The van der Waals surface area contributed by atoms with E-state index in [9.17, 15) is 0 Å². The van der Waals surface area contributed by atoms with Gasteiger partial charge in [-0.05, 0) is 49.9 Å². The average molecular weight is 266 g/mol. The van der Waals surface area contributed by atoms with Gasteiger partial charge < -0.3 is 0 Å². The van der Waals surface area contributed by atoms with E-state index in [4.69, 9.17) is 0 Å². The molecule has 1 aromatic heterocycles. The molecule has 0 spiro atoms. The van der Waals surface area contributed by atoms with Gasteiger partial charge in [0.15, 0.2) is 0 Å². The molecule has 0 aliphatic carbocycles. The van der Waals surface area contributed by atoms with Gasteiger partial charge in [0.1, 0.15) is 0 Å². The van der Waals surface area contributed by atoms with Crippen molar-refractivity contribution in [3.8, 4) is 0 Å². The molecule has 2 heteroatoms. The van der Waals surface area contributed by atoms with Crippen LogP contribution in [0.15, 0.2) is 47.2 Å². The first kappa shape index (κ1) is 10.4. The van der Waals surface area contributed by atoms with Gasteiger partial charge in [-0.2, -0.15) is 0 Å². The monoisotopic (exact) mass is 266 g/mol. The number of hydrogen-bond acceptors (Lipinski definition) is 2. The lowest BCUT2D eigenvalue weighted by Crippen LogP contribution is -2.03. The number of hydrogen-bond donors (Lipinski definition) is 0. The Morgan fingerprint density at radius 3 is 2.94 bits per heavy atom. The zero-order chi connectivity index (χ0) is 11.9. The lowest BCUT2D eigenvalue weighted by molar-refractivity contribution is 1.71. The van der Waals surface area contributed by atoms with Crippen molar-refractivity contribution in [2.24, 2.45) is 0 Å². The summed E-state index contributed by atoms with van der Waals surface area (Å²) in [6.07, 6.45) is 2.19. The van der Waals surface area contributed by atoms with Crippen molar-refractivity contribution in [1.29, 1.82) is 0 Å². The van der Waals surface area contributed by atoms with Crippen molar-refractivity contribution in [2.45, 2.75) is 0 Å². The highest BCUT2D eigenvalue weighted by Gasteiger charge is 2.06. The van der Waals surface area contributed by atoms with E-state index < -0.39 is 0 Å². The third kappa shape index (κ3) is 1.46. The van der Waals surface area contributed by atoms with Crippen LogP contribution in [0.1, 0.15) is 5.56 Å². The standard InChI is InChI=1S/C16H10S2/c1-3-11-6-8-17-10-15(11)14-9-12-4-2-7-18-16(12)13(14)5-1/h1-10H. The van der Waals surface area contributed by atoms with Crippen LogP contribution < -0.4 is 5.22 Å². The highest BCUT2D eigenvalue weighted by molar-refractivity contribution is 8.09. The third-order valence-corrected chi connectivity index (χ3v) is 4.94. The van der Waals surface area contributed by atoms with Crippen LogP contribution in [0.4, 0.5) is 0 Å². The second-order valence-electron chi connectivity index (χ2n) is 4.32. The van der Waals surface area contributed by atoms with Gasteiger partial charge in [-0.3, -0.25) is 0 Å². The highest BCUT2D eigenvalue weighted by atomic mass is 32.2. The van der Waals surface area contributed by atoms with Gasteiger partial charge in [0.05, 0.1) is 0 Å². The van der Waals surface area contributed by atoms with Gasteiger partial charge in [-0.15, -0.1) is 23.1 Å². The number of rotatable bonds is 0. The first-order valence-electron chi connectivity index (χ1n) is 5.85. The average Bonchev–Trinajstić information content (AvgIpc) is 2.69. The van der Waals surface area contributed by atoms with E-state index in [0.29, 0.717) is 0 Å². The third-order valence-electron chi connectivity index (χ3n) is 3.29. The van der Waals surface area contributed by atoms with Crippen LogP contribution in [-0.2, 0) is 0 Å². The molecule has 1 aliphatic heterocycles. The molecule has 0 radical (unpaired) electrons. The quantitative estimate of drug-likeness (QED) is 0.563. The highest BCUT2D eigenvalue weighted by Crippen LogP contribution is 2.30. The molecule has 0 nitrogen and oxygen atoms in total. The first-order valence-corrected chi connectivity index (χ1v) is 7.67. The zero-order valence-corrected chi connectivity index (χ0v) is 11.2. The molecule has 2 heterocycles. The van der Waals surface area contributed by atoms with Crippen molar-refractivity contribution >= 4 is 55.4 Å². The molecule has 0 unspecified atom stereocenters. The molecule has 0 bridgehead atoms. The SMILES string of the molecule is C1=Cc2cccc3c(cc4cccsc43)c2=CS1. The van der Waals surface area contributed by atoms with E-state index in [1.54, 1.807) is 11.8 Å². The Labute approximate surface area is 113 Å². The van der Waals surface area contributed by atoms with E-state index >= 15 is 0 Å². The van der Waals surface area contributed by atoms with Crippen LogP contribution >= 0.6 is 23.1 Å². The molecule has 1 aliphatic rings. The maximum Gasteiger partial charge on any atom is 0.0421 e. The molecule has 2 aromatic carbocycles. The van der Waals surface area contributed by atoms with Crippen molar-refractivity contribution in [1.82, 2.24) is 0 Å². The normalized spacial score (nSPS) is 13.6. The fourth-order valence-electron chi connectivity index (χ4n) is 2.46. The van der Waals surface area contributed by atoms with E-state index in [-0.39, 0.29) is 0 Å². The minimum atomic E-state index is 1.31. The number of fused-ring (bicyclic) bond motifs is 5. The molecule has 0 atom stereocenters. The first-order chi connectivity index (χ1) is 8.93. The summed E-state index contributed by atoms with van der Waals surface area (Å²) in [6.45, 7) is 0. The maximum atomic E-state index is 2.32. The molecule has 0 saturated carbocycles. The summed E-state index contributed by atoms with van der Waals surface area (Å²) in [5.41, 5.74) is 1.31. The summed E-state index contributed by atoms with van der Waals surface area (Å²) < 4.78 is 1.39. The number of thioether (sulfide) groups is 1. The molecule has 0 fully saturated rings. The molecule has 3 aromatic rings. The van der Waals surface area contributed by atoms with E-state index in [0.717, 1.165) is 0 Å². The molecule has 0 amide bonds. The van der Waals surface area contributed by atoms with Crippen molar-refractivity contribution in [3.63, 3.8) is 0 Å². The summed E-state index contributed by atoms with van der Waals surface area (Å²) in [5.74, 6) is 0. The van der Waals surface area contributed by atoms with E-state index in [1.165, 1.54) is 31.6 Å². The second-order valence-corrected chi connectivity index (χ2v) is 6.02. The fourth-order valence-corrected chi connectivity index (χ4v) is 4.02.